The third kappa shape index (κ3) is 3.75. The minimum Gasteiger partial charge on any atom is -0.377 e. The highest BCUT2D eigenvalue weighted by atomic mass is 32.2. The minimum atomic E-state index is -3.45. The van der Waals surface area contributed by atoms with Crippen LogP contribution in [-0.2, 0) is 21.2 Å². The van der Waals surface area contributed by atoms with Crippen LogP contribution in [0.1, 0.15) is 12.5 Å². The van der Waals surface area contributed by atoms with Gasteiger partial charge in [-0.15, -0.1) is 5.10 Å². The molecule has 25 heavy (non-hydrogen) atoms. The molecule has 130 valence electrons. The smallest absolute Gasteiger partial charge is 0.181 e. The Morgan fingerprint density at radius 2 is 1.88 bits per heavy atom. The second-order valence-electron chi connectivity index (χ2n) is 5.53. The fourth-order valence-corrected chi connectivity index (χ4v) is 3.49. The Balaban J connectivity index is 2.13. The molecule has 1 heterocycles. The molecule has 7 nitrogen and oxygen atoms in total. The molecule has 1 aromatic heterocycles. The first-order valence-electron chi connectivity index (χ1n) is 7.75. The van der Waals surface area contributed by atoms with Gasteiger partial charge in [0.2, 0.25) is 0 Å². The van der Waals surface area contributed by atoms with Gasteiger partial charge in [0.25, 0.3) is 0 Å². The van der Waals surface area contributed by atoms with E-state index in [2.05, 4.69) is 20.6 Å². The van der Waals surface area contributed by atoms with E-state index in [1.54, 1.807) is 12.1 Å². The summed E-state index contributed by atoms with van der Waals surface area (Å²) >= 11 is 0. The van der Waals surface area contributed by atoms with Crippen LogP contribution in [0.4, 0.5) is 0 Å². The average Bonchev–Trinajstić information content (AvgIpc) is 3.13. The van der Waals surface area contributed by atoms with Crippen molar-refractivity contribution in [2.24, 2.45) is 0 Å². The molecule has 8 heteroatoms. The maximum absolute atomic E-state index is 12.2. The maximum atomic E-state index is 12.2. The number of nitrogens with one attached hydrogen (secondary N) is 1. The molecule has 3 aromatic rings. The zero-order chi connectivity index (χ0) is 17.9. The number of H-pyrrole nitrogens is 1. The molecular weight excluding hydrogens is 340 g/mol. The summed E-state index contributed by atoms with van der Waals surface area (Å²) in [5.41, 5.74) is 3.13. The predicted octanol–water partition coefficient (Wildman–Crippen LogP) is 2.47. The monoisotopic (exact) mass is 358 g/mol. The number of tetrazole rings is 1. The number of aromatic nitrogens is 4. The second-order valence-corrected chi connectivity index (χ2v) is 7.52. The largest absolute Gasteiger partial charge is 0.377 e. The zero-order valence-corrected chi connectivity index (χ0v) is 14.7. The van der Waals surface area contributed by atoms with Gasteiger partial charge in [0.05, 0.1) is 11.5 Å². The number of hydrogen-bond donors (Lipinski definition) is 1. The molecule has 0 fully saturated rings. The summed E-state index contributed by atoms with van der Waals surface area (Å²) in [4.78, 5) is 0.182. The van der Waals surface area contributed by atoms with Crippen LogP contribution in [0.25, 0.3) is 22.5 Å². The number of rotatable bonds is 6. The molecule has 0 aliphatic heterocycles. The number of benzene rings is 2. The lowest BCUT2D eigenvalue weighted by Gasteiger charge is -2.12. The topological polar surface area (TPSA) is 97.8 Å². The van der Waals surface area contributed by atoms with Crippen LogP contribution in [-0.4, -0.2) is 41.9 Å². The lowest BCUT2D eigenvalue weighted by Crippen LogP contribution is -2.02. The molecule has 0 saturated heterocycles. The van der Waals surface area contributed by atoms with Crippen LogP contribution in [0.2, 0.25) is 0 Å². The summed E-state index contributed by atoms with van der Waals surface area (Å²) in [7, 11) is -3.45. The molecule has 0 aliphatic rings. The van der Waals surface area contributed by atoms with Crippen molar-refractivity contribution < 1.29 is 13.2 Å². The van der Waals surface area contributed by atoms with Crippen LogP contribution in [0.3, 0.4) is 0 Å². The van der Waals surface area contributed by atoms with Gasteiger partial charge in [0.1, 0.15) is 0 Å². The minimum absolute atomic E-state index is 0.182. The van der Waals surface area contributed by atoms with Gasteiger partial charge < -0.3 is 4.74 Å². The Hall–Kier alpha value is -2.58. The fourth-order valence-electron chi connectivity index (χ4n) is 2.59. The van der Waals surface area contributed by atoms with Crippen LogP contribution in [0.5, 0.6) is 0 Å². The van der Waals surface area contributed by atoms with E-state index in [1.165, 1.54) is 6.26 Å². The lowest BCUT2D eigenvalue weighted by molar-refractivity contribution is 0.134. The van der Waals surface area contributed by atoms with E-state index < -0.39 is 9.84 Å². The van der Waals surface area contributed by atoms with E-state index in [0.717, 1.165) is 16.7 Å². The van der Waals surface area contributed by atoms with Crippen LogP contribution in [0.15, 0.2) is 47.4 Å². The van der Waals surface area contributed by atoms with Gasteiger partial charge in [-0.25, -0.2) is 13.5 Å². The molecule has 0 bridgehead atoms. The maximum Gasteiger partial charge on any atom is 0.181 e. The van der Waals surface area contributed by atoms with Crippen molar-refractivity contribution in [3.8, 4) is 22.5 Å². The molecule has 3 rings (SSSR count). The number of aromatic amines is 1. The van der Waals surface area contributed by atoms with Gasteiger partial charge in [0, 0.05) is 18.4 Å². The Morgan fingerprint density at radius 3 is 2.48 bits per heavy atom. The number of ether oxygens (including phenoxy) is 1. The summed E-state index contributed by atoms with van der Waals surface area (Å²) in [6.45, 7) is 3.14. The molecule has 1 N–H and O–H groups in total. The fraction of sp³-hybridized carbons (Fsp3) is 0.235. The molecule has 0 saturated carbocycles. The first-order chi connectivity index (χ1) is 12.0. The molecule has 0 unspecified atom stereocenters. The van der Waals surface area contributed by atoms with Gasteiger partial charge in [-0.05, 0) is 40.1 Å². The van der Waals surface area contributed by atoms with E-state index in [0.29, 0.717) is 24.6 Å². The Labute approximate surface area is 146 Å². The predicted molar refractivity (Wildman–Crippen MR) is 93.5 cm³/mol. The SMILES string of the molecule is CCOCc1ccc(-c2cccc(S(C)(=O)=O)c2-c2nnn[nH]2)cc1. The van der Waals surface area contributed by atoms with Gasteiger partial charge >= 0.3 is 0 Å². The van der Waals surface area contributed by atoms with E-state index in [-0.39, 0.29) is 4.90 Å². The number of hydrogen-bond acceptors (Lipinski definition) is 6. The summed E-state index contributed by atoms with van der Waals surface area (Å²) in [5.74, 6) is 0.314. The van der Waals surface area contributed by atoms with Gasteiger partial charge in [-0.2, -0.15) is 0 Å². The van der Waals surface area contributed by atoms with Crippen LogP contribution < -0.4 is 0 Å². The van der Waals surface area contributed by atoms with Gasteiger partial charge in [-0.1, -0.05) is 36.4 Å². The quantitative estimate of drug-likeness (QED) is 0.727. The van der Waals surface area contributed by atoms with Crippen molar-refractivity contribution in [2.45, 2.75) is 18.4 Å². The number of sulfone groups is 1. The van der Waals surface area contributed by atoms with E-state index in [4.69, 9.17) is 4.74 Å². The molecular formula is C17H18N4O3S. The average molecular weight is 358 g/mol. The normalized spacial score (nSPS) is 11.6. The van der Waals surface area contributed by atoms with Gasteiger partial charge in [0.15, 0.2) is 15.7 Å². The molecule has 0 spiro atoms. The summed E-state index contributed by atoms with van der Waals surface area (Å²) in [5, 5.41) is 13.7. The zero-order valence-electron chi connectivity index (χ0n) is 13.9. The Morgan fingerprint density at radius 1 is 1.12 bits per heavy atom. The van der Waals surface area contributed by atoms with E-state index in [9.17, 15) is 8.42 Å². The van der Waals surface area contributed by atoms with Gasteiger partial charge in [-0.3, -0.25) is 0 Å². The van der Waals surface area contributed by atoms with Crippen LogP contribution in [0, 0.1) is 0 Å². The Kier molecular flexibility index (Phi) is 4.91. The molecule has 0 radical (unpaired) electrons. The summed E-state index contributed by atoms with van der Waals surface area (Å²) in [6.07, 6.45) is 1.17. The molecule has 2 aromatic carbocycles. The van der Waals surface area contributed by atoms with Crippen molar-refractivity contribution in [2.75, 3.05) is 12.9 Å². The highest BCUT2D eigenvalue weighted by Gasteiger charge is 2.21. The van der Waals surface area contributed by atoms with Crippen LogP contribution >= 0.6 is 0 Å². The third-order valence-electron chi connectivity index (χ3n) is 3.75. The van der Waals surface area contributed by atoms with E-state index >= 15 is 0 Å². The summed E-state index contributed by atoms with van der Waals surface area (Å²) < 4.78 is 29.8. The first-order valence-corrected chi connectivity index (χ1v) is 9.64. The standard InChI is InChI=1S/C17H18N4O3S/c1-3-24-11-12-7-9-13(10-8-12)14-5-4-6-15(25(2,22)23)16(14)17-18-20-21-19-17/h4-10H,3,11H2,1-2H3,(H,18,19,20,21). The highest BCUT2D eigenvalue weighted by Crippen LogP contribution is 2.35. The first kappa shape index (κ1) is 17.2. The second kappa shape index (κ2) is 7.12. The van der Waals surface area contributed by atoms with Crippen molar-refractivity contribution in [1.29, 1.82) is 0 Å². The highest BCUT2D eigenvalue weighted by molar-refractivity contribution is 7.90. The lowest BCUT2D eigenvalue weighted by atomic mass is 9.98. The molecule has 0 atom stereocenters. The summed E-state index contributed by atoms with van der Waals surface area (Å²) in [6, 6.07) is 12.9. The van der Waals surface area contributed by atoms with Crippen molar-refractivity contribution >= 4 is 9.84 Å². The molecule has 0 aliphatic carbocycles. The van der Waals surface area contributed by atoms with Crippen molar-refractivity contribution in [1.82, 2.24) is 20.6 Å². The molecule has 0 amide bonds. The van der Waals surface area contributed by atoms with Crippen molar-refractivity contribution in [3.05, 3.63) is 48.0 Å². The van der Waals surface area contributed by atoms with Crippen molar-refractivity contribution in [3.63, 3.8) is 0 Å². The third-order valence-corrected chi connectivity index (χ3v) is 4.88. The van der Waals surface area contributed by atoms with E-state index in [1.807, 2.05) is 37.3 Å². The number of nitrogens with zero attached hydrogens (tertiary/aromatic N) is 3. The Bertz CT molecular complexity index is 952.